The van der Waals surface area contributed by atoms with Gasteiger partial charge in [0, 0.05) is 23.4 Å². The van der Waals surface area contributed by atoms with E-state index in [1.165, 1.54) is 6.08 Å². The number of thiophene rings is 1. The van der Waals surface area contributed by atoms with E-state index in [-0.39, 0.29) is 0 Å². The largest absolute Gasteiger partial charge is 0.452 e. The molecule has 0 spiro atoms. The van der Waals surface area contributed by atoms with Gasteiger partial charge in [-0.25, -0.2) is 9.48 Å². The number of hydrogen-bond acceptors (Lipinski definition) is 6. The molecule has 0 saturated carbocycles. The summed E-state index contributed by atoms with van der Waals surface area (Å²) in [6.07, 6.45) is 4.64. The summed E-state index contributed by atoms with van der Waals surface area (Å²) in [6.45, 7) is -0.567. The fourth-order valence-corrected chi connectivity index (χ4v) is 3.73. The van der Waals surface area contributed by atoms with Crippen LogP contribution in [-0.4, -0.2) is 34.2 Å². The Morgan fingerprint density at radius 1 is 0.970 bits per heavy atom. The van der Waals surface area contributed by atoms with Crippen molar-refractivity contribution < 1.29 is 19.1 Å². The summed E-state index contributed by atoms with van der Waals surface area (Å²) in [6, 6.07) is 21.8. The first kappa shape index (κ1) is 21.9. The molecule has 8 heteroatoms. The number of ether oxygens (including phenoxy) is 1. The maximum atomic E-state index is 12.2. The lowest BCUT2D eigenvalue weighted by Gasteiger charge is -2.04. The predicted molar refractivity (Wildman–Crippen MR) is 126 cm³/mol. The number of nitrogens with one attached hydrogen (secondary N) is 1. The summed E-state index contributed by atoms with van der Waals surface area (Å²) in [7, 11) is 0. The fourth-order valence-electron chi connectivity index (χ4n) is 2.99. The number of aromatic nitrogens is 2. The third kappa shape index (κ3) is 5.69. The van der Waals surface area contributed by atoms with Gasteiger partial charge in [-0.3, -0.25) is 14.9 Å². The summed E-state index contributed by atoms with van der Waals surface area (Å²) < 4.78 is 6.71. The first-order valence-electron chi connectivity index (χ1n) is 10.0. The molecule has 0 saturated heterocycles. The monoisotopic (exact) mass is 457 g/mol. The molecule has 4 rings (SSSR count). The lowest BCUT2D eigenvalue weighted by molar-refractivity contribution is -0.143. The van der Waals surface area contributed by atoms with Crippen LogP contribution >= 0.6 is 11.3 Å². The number of nitrogens with zero attached hydrogens (tertiary/aromatic N) is 2. The summed E-state index contributed by atoms with van der Waals surface area (Å²) in [5.41, 5.74) is 2.68. The highest BCUT2D eigenvalue weighted by molar-refractivity contribution is 7.13. The maximum Gasteiger partial charge on any atom is 0.331 e. The summed E-state index contributed by atoms with van der Waals surface area (Å²) >= 11 is 1.54. The second-order valence-electron chi connectivity index (χ2n) is 6.87. The Morgan fingerprint density at radius 2 is 1.70 bits per heavy atom. The van der Waals surface area contributed by atoms with Crippen LogP contribution in [0.5, 0.6) is 0 Å². The van der Waals surface area contributed by atoms with Crippen molar-refractivity contribution in [2.24, 2.45) is 0 Å². The molecule has 2 heterocycles. The van der Waals surface area contributed by atoms with Crippen molar-refractivity contribution >= 4 is 35.2 Å². The van der Waals surface area contributed by atoms with Crippen molar-refractivity contribution in [2.75, 3.05) is 6.61 Å². The second kappa shape index (κ2) is 10.3. The number of imide groups is 1. The van der Waals surface area contributed by atoms with Crippen molar-refractivity contribution in [3.8, 4) is 16.3 Å². The Labute approximate surface area is 193 Å². The van der Waals surface area contributed by atoms with Gasteiger partial charge in [0.2, 0.25) is 0 Å². The highest BCUT2D eigenvalue weighted by Crippen LogP contribution is 2.28. The summed E-state index contributed by atoms with van der Waals surface area (Å²) in [5, 5.41) is 8.79. The van der Waals surface area contributed by atoms with Crippen LogP contribution < -0.4 is 5.32 Å². The van der Waals surface area contributed by atoms with Gasteiger partial charge in [0.25, 0.3) is 11.8 Å². The molecule has 0 atom stereocenters. The van der Waals surface area contributed by atoms with Crippen LogP contribution in [0.2, 0.25) is 0 Å². The molecule has 2 amide bonds. The molecule has 0 aliphatic heterocycles. The minimum Gasteiger partial charge on any atom is -0.452 e. The van der Waals surface area contributed by atoms with E-state index < -0.39 is 24.4 Å². The highest BCUT2D eigenvalue weighted by Gasteiger charge is 2.13. The lowest BCUT2D eigenvalue weighted by Crippen LogP contribution is -2.33. The van der Waals surface area contributed by atoms with E-state index in [0.29, 0.717) is 5.56 Å². The number of esters is 1. The number of hydrogen-bond donors (Lipinski definition) is 1. The van der Waals surface area contributed by atoms with Crippen molar-refractivity contribution in [1.29, 1.82) is 0 Å². The zero-order valence-electron chi connectivity index (χ0n) is 17.4. The zero-order chi connectivity index (χ0) is 23.0. The number of para-hydroxylation sites is 1. The van der Waals surface area contributed by atoms with Crippen LogP contribution in [0.15, 0.2) is 90.4 Å². The molecule has 7 nitrogen and oxygen atoms in total. The maximum absolute atomic E-state index is 12.2. The number of rotatable bonds is 7. The van der Waals surface area contributed by atoms with Gasteiger partial charge in [0.1, 0.15) is 5.69 Å². The molecule has 0 unspecified atom stereocenters. The van der Waals surface area contributed by atoms with E-state index in [0.717, 1.165) is 21.8 Å². The Balaban J connectivity index is 1.41. The molecule has 2 aromatic heterocycles. The molecule has 0 aliphatic carbocycles. The number of benzene rings is 2. The summed E-state index contributed by atoms with van der Waals surface area (Å²) in [5.74, 6) is -1.97. The average molecular weight is 458 g/mol. The fraction of sp³-hybridized carbons (Fsp3) is 0.0400. The van der Waals surface area contributed by atoms with E-state index >= 15 is 0 Å². The first-order chi connectivity index (χ1) is 16.1. The van der Waals surface area contributed by atoms with Crippen LogP contribution in [0.1, 0.15) is 15.9 Å². The van der Waals surface area contributed by atoms with E-state index in [4.69, 9.17) is 4.74 Å². The SMILES string of the molecule is O=C(COC(=O)/C=C/c1cn(-c2ccccc2)nc1-c1cccs1)NC(=O)c1ccccc1. The van der Waals surface area contributed by atoms with Crippen LogP contribution in [0.4, 0.5) is 0 Å². The second-order valence-corrected chi connectivity index (χ2v) is 7.82. The Bertz CT molecular complexity index is 1280. The standard InChI is InChI=1S/C25H19N3O4S/c29-22(26-25(31)18-8-3-1-4-9-18)17-32-23(30)14-13-19-16-28(20-10-5-2-6-11-20)27-24(19)21-12-7-15-33-21/h1-16H,17H2,(H,26,29,31)/b14-13+. The van der Waals surface area contributed by atoms with Gasteiger partial charge in [0.05, 0.1) is 10.6 Å². The van der Waals surface area contributed by atoms with Crippen molar-refractivity contribution in [3.05, 3.63) is 102 Å². The van der Waals surface area contributed by atoms with Crippen molar-refractivity contribution in [2.45, 2.75) is 0 Å². The third-order valence-corrected chi connectivity index (χ3v) is 5.43. The molecular formula is C25H19N3O4S. The predicted octanol–water partition coefficient (Wildman–Crippen LogP) is 4.11. The Kier molecular flexibility index (Phi) is 6.87. The van der Waals surface area contributed by atoms with E-state index in [2.05, 4.69) is 10.4 Å². The van der Waals surface area contributed by atoms with Crippen LogP contribution in [0.25, 0.3) is 22.3 Å². The molecule has 0 bridgehead atoms. The molecular weight excluding hydrogens is 438 g/mol. The first-order valence-corrected chi connectivity index (χ1v) is 10.9. The van der Waals surface area contributed by atoms with Gasteiger partial charge in [0.15, 0.2) is 6.61 Å². The van der Waals surface area contributed by atoms with E-state index in [9.17, 15) is 14.4 Å². The normalized spacial score (nSPS) is 10.8. The molecule has 33 heavy (non-hydrogen) atoms. The van der Waals surface area contributed by atoms with E-state index in [1.807, 2.05) is 54.0 Å². The van der Waals surface area contributed by atoms with Gasteiger partial charge in [-0.1, -0.05) is 42.5 Å². The average Bonchev–Trinajstić information content (AvgIpc) is 3.52. The minimum atomic E-state index is -0.707. The minimum absolute atomic E-state index is 0.341. The molecule has 2 aromatic carbocycles. The smallest absolute Gasteiger partial charge is 0.331 e. The third-order valence-electron chi connectivity index (χ3n) is 4.55. The lowest BCUT2D eigenvalue weighted by atomic mass is 10.2. The van der Waals surface area contributed by atoms with Crippen molar-refractivity contribution in [1.82, 2.24) is 15.1 Å². The Hall–Kier alpha value is -4.30. The Morgan fingerprint density at radius 3 is 2.39 bits per heavy atom. The van der Waals surface area contributed by atoms with Gasteiger partial charge in [-0.2, -0.15) is 5.10 Å². The van der Waals surface area contributed by atoms with Gasteiger partial charge >= 0.3 is 5.97 Å². The molecule has 0 radical (unpaired) electrons. The van der Waals surface area contributed by atoms with Crippen LogP contribution in [0, 0.1) is 0 Å². The number of carbonyl (C=O) groups excluding carboxylic acids is 3. The van der Waals surface area contributed by atoms with Crippen LogP contribution in [-0.2, 0) is 14.3 Å². The molecule has 0 fully saturated rings. The zero-order valence-corrected chi connectivity index (χ0v) is 18.2. The number of carbonyl (C=O) groups is 3. The molecule has 0 aliphatic rings. The topological polar surface area (TPSA) is 90.3 Å². The number of amides is 2. The quantitative estimate of drug-likeness (QED) is 0.333. The molecule has 164 valence electrons. The van der Waals surface area contributed by atoms with Gasteiger partial charge < -0.3 is 4.74 Å². The molecule has 1 N–H and O–H groups in total. The molecule has 4 aromatic rings. The van der Waals surface area contributed by atoms with Gasteiger partial charge in [-0.15, -0.1) is 11.3 Å². The van der Waals surface area contributed by atoms with Crippen molar-refractivity contribution in [3.63, 3.8) is 0 Å². The highest BCUT2D eigenvalue weighted by atomic mass is 32.1. The van der Waals surface area contributed by atoms with Crippen LogP contribution in [0.3, 0.4) is 0 Å². The summed E-state index contributed by atoms with van der Waals surface area (Å²) in [4.78, 5) is 37.0. The van der Waals surface area contributed by atoms with E-state index in [1.54, 1.807) is 52.4 Å². The van der Waals surface area contributed by atoms with Gasteiger partial charge in [-0.05, 0) is 41.8 Å².